The highest BCUT2D eigenvalue weighted by Gasteiger charge is 2.23. The van der Waals surface area contributed by atoms with Crippen molar-refractivity contribution in [1.29, 1.82) is 0 Å². The number of rotatable bonds is 4. The molecular weight excluding hydrogens is 360 g/mol. The summed E-state index contributed by atoms with van der Waals surface area (Å²) in [6, 6.07) is 8.37. The van der Waals surface area contributed by atoms with Crippen LogP contribution in [0.25, 0.3) is 16.1 Å². The Bertz CT molecular complexity index is 821. The van der Waals surface area contributed by atoms with Gasteiger partial charge in [0.2, 0.25) is 5.13 Å². The molecule has 6 nitrogen and oxygen atoms in total. The molecule has 7 heteroatoms. The van der Waals surface area contributed by atoms with E-state index in [0.29, 0.717) is 13.1 Å². The largest absolute Gasteiger partial charge is 0.444 e. The predicted molar refractivity (Wildman–Crippen MR) is 110 cm³/mol. The normalized spacial score (nSPS) is 14.7. The van der Waals surface area contributed by atoms with Crippen molar-refractivity contribution >= 4 is 28.1 Å². The highest BCUT2D eigenvalue weighted by molar-refractivity contribution is 7.18. The first-order valence-electron chi connectivity index (χ1n) is 9.21. The van der Waals surface area contributed by atoms with Crippen LogP contribution in [0.15, 0.2) is 30.3 Å². The second-order valence-corrected chi connectivity index (χ2v) is 8.40. The molecular formula is C20H26N4O2S. The van der Waals surface area contributed by atoms with Crippen molar-refractivity contribution in [3.05, 3.63) is 35.9 Å². The van der Waals surface area contributed by atoms with Crippen LogP contribution in [-0.2, 0) is 4.74 Å². The van der Waals surface area contributed by atoms with Crippen LogP contribution >= 0.6 is 11.3 Å². The molecule has 0 saturated carbocycles. The van der Waals surface area contributed by atoms with Gasteiger partial charge in [-0.2, -0.15) is 0 Å². The molecule has 0 aliphatic carbocycles. The Morgan fingerprint density at radius 2 is 1.93 bits per heavy atom. The summed E-state index contributed by atoms with van der Waals surface area (Å²) in [7, 11) is 0. The maximum atomic E-state index is 12.2. The Morgan fingerprint density at radius 3 is 2.52 bits per heavy atom. The fourth-order valence-corrected chi connectivity index (χ4v) is 3.63. The number of benzene rings is 1. The van der Waals surface area contributed by atoms with Gasteiger partial charge in [0.15, 0.2) is 0 Å². The van der Waals surface area contributed by atoms with Crippen molar-refractivity contribution in [2.45, 2.75) is 39.7 Å². The van der Waals surface area contributed by atoms with Crippen molar-refractivity contribution in [3.63, 3.8) is 0 Å². The lowest BCUT2D eigenvalue weighted by Crippen LogP contribution is -2.39. The summed E-state index contributed by atoms with van der Waals surface area (Å²) in [5.74, 6) is 0. The van der Waals surface area contributed by atoms with Gasteiger partial charge in [0.1, 0.15) is 10.6 Å². The Kier molecular flexibility index (Phi) is 5.79. The molecule has 0 unspecified atom stereocenters. The highest BCUT2D eigenvalue weighted by atomic mass is 32.1. The van der Waals surface area contributed by atoms with Crippen LogP contribution in [0.4, 0.5) is 9.93 Å². The van der Waals surface area contributed by atoms with Gasteiger partial charge in [0.05, 0.1) is 0 Å². The van der Waals surface area contributed by atoms with E-state index in [-0.39, 0.29) is 6.09 Å². The molecule has 1 N–H and O–H groups in total. The summed E-state index contributed by atoms with van der Waals surface area (Å²) in [4.78, 5) is 13.9. The fraction of sp³-hybridized carbons (Fsp3) is 0.450. The van der Waals surface area contributed by atoms with Gasteiger partial charge in [0.25, 0.3) is 0 Å². The maximum Gasteiger partial charge on any atom is 0.410 e. The monoisotopic (exact) mass is 386 g/mol. The van der Waals surface area contributed by atoms with Crippen LogP contribution in [0.1, 0.15) is 39.7 Å². The van der Waals surface area contributed by atoms with Gasteiger partial charge in [-0.1, -0.05) is 41.7 Å². The third-order valence-corrected chi connectivity index (χ3v) is 5.05. The zero-order valence-corrected chi connectivity index (χ0v) is 17.1. The number of anilines is 1. The van der Waals surface area contributed by atoms with Crippen LogP contribution in [0.2, 0.25) is 0 Å². The molecule has 1 aliphatic heterocycles. The number of ether oxygens (including phenoxy) is 1. The molecule has 27 heavy (non-hydrogen) atoms. The molecule has 144 valence electrons. The predicted octanol–water partition coefficient (Wildman–Crippen LogP) is 4.66. The first-order valence-corrected chi connectivity index (χ1v) is 10.0. The summed E-state index contributed by atoms with van der Waals surface area (Å²) >= 11 is 1.55. The van der Waals surface area contributed by atoms with Crippen LogP contribution in [0.3, 0.4) is 0 Å². The molecule has 3 rings (SSSR count). The lowest BCUT2D eigenvalue weighted by atomic mass is 9.98. The number of hydrogen-bond donors (Lipinski definition) is 1. The van der Waals surface area contributed by atoms with Gasteiger partial charge >= 0.3 is 6.09 Å². The number of nitrogens with zero attached hydrogens (tertiary/aromatic N) is 3. The quantitative estimate of drug-likeness (QED) is 0.828. The minimum absolute atomic E-state index is 0.249. The summed E-state index contributed by atoms with van der Waals surface area (Å²) in [6.07, 6.45) is 2.68. The molecule has 0 saturated heterocycles. The van der Waals surface area contributed by atoms with Gasteiger partial charge in [0, 0.05) is 25.2 Å². The van der Waals surface area contributed by atoms with Crippen molar-refractivity contribution in [2.75, 3.05) is 25.0 Å². The van der Waals surface area contributed by atoms with E-state index >= 15 is 0 Å². The molecule has 1 aromatic heterocycles. The van der Waals surface area contributed by atoms with Crippen molar-refractivity contribution in [3.8, 4) is 10.6 Å². The van der Waals surface area contributed by atoms with Crippen LogP contribution in [-0.4, -0.2) is 46.4 Å². The summed E-state index contributed by atoms with van der Waals surface area (Å²) < 4.78 is 5.44. The van der Waals surface area contributed by atoms with Crippen molar-refractivity contribution in [1.82, 2.24) is 15.1 Å². The molecule has 1 amide bonds. The van der Waals surface area contributed by atoms with E-state index in [0.717, 1.165) is 28.7 Å². The molecule has 0 radical (unpaired) electrons. The van der Waals surface area contributed by atoms with Crippen molar-refractivity contribution < 1.29 is 9.53 Å². The number of nitrogens with one attached hydrogen (secondary N) is 1. The van der Waals surface area contributed by atoms with Crippen LogP contribution < -0.4 is 5.32 Å². The van der Waals surface area contributed by atoms with Crippen LogP contribution in [0, 0.1) is 0 Å². The molecule has 0 spiro atoms. The average molecular weight is 387 g/mol. The lowest BCUT2D eigenvalue weighted by Gasteiger charge is -2.29. The molecule has 2 aromatic rings. The standard InChI is InChI=1S/C20H26N4O2S/c1-5-21-18-23-22-17(27-18)16-8-6-14(7-9-16)15-10-12-24(13-11-15)19(25)26-20(2,3)4/h6-10H,5,11-13H2,1-4H3,(H,21,23). The minimum atomic E-state index is -0.464. The number of carbonyl (C=O) groups is 1. The van der Waals surface area contributed by atoms with Crippen LogP contribution in [0.5, 0.6) is 0 Å². The van der Waals surface area contributed by atoms with E-state index in [2.05, 4.69) is 45.9 Å². The van der Waals surface area contributed by atoms with Gasteiger partial charge in [-0.15, -0.1) is 10.2 Å². The summed E-state index contributed by atoms with van der Waals surface area (Å²) in [6.45, 7) is 9.78. The molecule has 2 heterocycles. The van der Waals surface area contributed by atoms with Gasteiger partial charge in [-0.3, -0.25) is 0 Å². The molecule has 0 atom stereocenters. The first-order chi connectivity index (χ1) is 12.9. The SMILES string of the molecule is CCNc1nnc(-c2ccc(C3=CCN(C(=O)OC(C)(C)C)CC3)cc2)s1. The lowest BCUT2D eigenvalue weighted by molar-refractivity contribution is 0.0270. The zero-order valence-electron chi connectivity index (χ0n) is 16.3. The first kappa shape index (κ1) is 19.4. The van der Waals surface area contributed by atoms with E-state index in [4.69, 9.17) is 4.74 Å². The van der Waals surface area contributed by atoms with Gasteiger partial charge in [-0.25, -0.2) is 4.79 Å². The van der Waals surface area contributed by atoms with E-state index in [1.165, 1.54) is 11.1 Å². The van der Waals surface area contributed by atoms with E-state index in [1.807, 2.05) is 27.7 Å². The third kappa shape index (κ3) is 5.07. The molecule has 0 bridgehead atoms. The summed E-state index contributed by atoms with van der Waals surface area (Å²) in [5, 5.41) is 13.3. The van der Waals surface area contributed by atoms with E-state index in [9.17, 15) is 4.79 Å². The molecule has 1 aromatic carbocycles. The highest BCUT2D eigenvalue weighted by Crippen LogP contribution is 2.29. The second-order valence-electron chi connectivity index (χ2n) is 7.43. The smallest absolute Gasteiger partial charge is 0.410 e. The number of hydrogen-bond acceptors (Lipinski definition) is 6. The zero-order chi connectivity index (χ0) is 19.4. The second kappa shape index (κ2) is 8.08. The molecule has 0 fully saturated rings. The number of amides is 1. The maximum absolute atomic E-state index is 12.2. The average Bonchev–Trinajstić information content (AvgIpc) is 3.10. The van der Waals surface area contributed by atoms with E-state index in [1.54, 1.807) is 16.2 Å². The number of carbonyl (C=O) groups excluding carboxylic acids is 1. The Hall–Kier alpha value is -2.41. The van der Waals surface area contributed by atoms with Gasteiger partial charge < -0.3 is 15.0 Å². The third-order valence-electron chi connectivity index (χ3n) is 4.12. The van der Waals surface area contributed by atoms with Gasteiger partial charge in [-0.05, 0) is 45.3 Å². The van der Waals surface area contributed by atoms with Crippen molar-refractivity contribution in [2.24, 2.45) is 0 Å². The number of aromatic nitrogens is 2. The fourth-order valence-electron chi connectivity index (χ4n) is 2.81. The topological polar surface area (TPSA) is 67.4 Å². The summed E-state index contributed by atoms with van der Waals surface area (Å²) in [5.41, 5.74) is 3.03. The Morgan fingerprint density at radius 1 is 1.22 bits per heavy atom. The van der Waals surface area contributed by atoms with E-state index < -0.39 is 5.60 Å². The minimum Gasteiger partial charge on any atom is -0.444 e. The Balaban J connectivity index is 1.64. The molecule has 1 aliphatic rings. The Labute approximate surface area is 164 Å².